The van der Waals surface area contributed by atoms with E-state index < -0.39 is 10.0 Å². The molecule has 4 nitrogen and oxygen atoms in total. The van der Waals surface area contributed by atoms with Crippen molar-refractivity contribution in [2.75, 3.05) is 23.0 Å². The van der Waals surface area contributed by atoms with Crippen molar-refractivity contribution in [3.8, 4) is 6.07 Å². The van der Waals surface area contributed by atoms with Crippen LogP contribution in [0.25, 0.3) is 0 Å². The quantitative estimate of drug-likeness (QED) is 0.770. The largest absolute Gasteiger partial charge is 0.273 e. The Morgan fingerprint density at radius 1 is 1.50 bits per heavy atom. The highest BCUT2D eigenvalue weighted by molar-refractivity contribution is 7.92. The maximum absolute atomic E-state index is 11.7. The van der Waals surface area contributed by atoms with E-state index in [1.165, 1.54) is 13.1 Å². The van der Waals surface area contributed by atoms with Gasteiger partial charge in [0.2, 0.25) is 10.0 Å². The number of nitrogens with zero attached hydrogens (tertiary/aromatic N) is 2. The number of benzene rings is 1. The minimum Gasteiger partial charge on any atom is -0.273 e. The van der Waals surface area contributed by atoms with E-state index in [-0.39, 0.29) is 11.6 Å². The Kier molecular flexibility index (Phi) is 4.16. The molecule has 0 aliphatic rings. The number of anilines is 1. The summed E-state index contributed by atoms with van der Waals surface area (Å²) in [6, 6.07) is 8.37. The van der Waals surface area contributed by atoms with E-state index in [0.717, 1.165) is 4.31 Å². The molecule has 16 heavy (non-hydrogen) atoms. The summed E-state index contributed by atoms with van der Waals surface area (Å²) >= 11 is 5.42. The molecule has 0 unspecified atom stereocenters. The van der Waals surface area contributed by atoms with Gasteiger partial charge in [-0.2, -0.15) is 5.26 Å². The van der Waals surface area contributed by atoms with Crippen LogP contribution >= 0.6 is 11.6 Å². The van der Waals surface area contributed by atoms with Gasteiger partial charge >= 0.3 is 0 Å². The van der Waals surface area contributed by atoms with E-state index in [2.05, 4.69) is 0 Å². The van der Waals surface area contributed by atoms with Crippen LogP contribution < -0.4 is 4.31 Å². The molecule has 1 rings (SSSR count). The van der Waals surface area contributed by atoms with E-state index in [4.69, 9.17) is 16.9 Å². The summed E-state index contributed by atoms with van der Waals surface area (Å²) in [6.45, 7) is 0. The van der Waals surface area contributed by atoms with Gasteiger partial charge in [-0.25, -0.2) is 8.42 Å². The third-order valence-electron chi connectivity index (χ3n) is 2.09. The van der Waals surface area contributed by atoms with Crippen molar-refractivity contribution in [2.24, 2.45) is 0 Å². The molecule has 0 aliphatic carbocycles. The lowest BCUT2D eigenvalue weighted by molar-refractivity contribution is 0.596. The van der Waals surface area contributed by atoms with Gasteiger partial charge in [0.25, 0.3) is 0 Å². The molecule has 0 spiro atoms. The third kappa shape index (κ3) is 2.87. The molecule has 0 amide bonds. The van der Waals surface area contributed by atoms with Crippen LogP contribution in [0.1, 0.15) is 5.56 Å². The molecule has 0 saturated heterocycles. The lowest BCUT2D eigenvalue weighted by atomic mass is 10.2. The summed E-state index contributed by atoms with van der Waals surface area (Å²) in [5.74, 6) is -0.0769. The zero-order valence-electron chi connectivity index (χ0n) is 8.72. The molecule has 1 aromatic carbocycles. The van der Waals surface area contributed by atoms with Gasteiger partial charge in [0.15, 0.2) is 0 Å². The maximum Gasteiger partial charge on any atom is 0.236 e. The Labute approximate surface area is 100 Å². The fourth-order valence-electron chi connectivity index (χ4n) is 1.17. The molecule has 6 heteroatoms. The normalized spacial score (nSPS) is 10.8. The van der Waals surface area contributed by atoms with Crippen LogP contribution in [0.5, 0.6) is 0 Å². The van der Waals surface area contributed by atoms with Crippen molar-refractivity contribution >= 4 is 27.3 Å². The first-order valence-electron chi connectivity index (χ1n) is 4.54. The number of alkyl halides is 1. The van der Waals surface area contributed by atoms with Crippen molar-refractivity contribution in [1.29, 1.82) is 5.26 Å². The molecule has 1 aromatic rings. The van der Waals surface area contributed by atoms with Crippen molar-refractivity contribution < 1.29 is 8.42 Å². The van der Waals surface area contributed by atoms with Gasteiger partial charge in [0.1, 0.15) is 0 Å². The fraction of sp³-hybridized carbons (Fsp3) is 0.300. The molecule has 0 saturated carbocycles. The standard InChI is InChI=1S/C10H11ClN2O2S/c1-13(16(14,15)6-5-11)10-4-2-3-9(7-10)8-12/h2-4,7H,5-6H2,1H3. The van der Waals surface area contributed by atoms with Crippen molar-refractivity contribution in [3.05, 3.63) is 29.8 Å². The third-order valence-corrected chi connectivity index (χ3v) is 4.27. The van der Waals surface area contributed by atoms with E-state index in [1.54, 1.807) is 18.2 Å². The summed E-state index contributed by atoms with van der Waals surface area (Å²) in [4.78, 5) is 0. The van der Waals surface area contributed by atoms with Crippen LogP contribution in [0, 0.1) is 11.3 Å². The Morgan fingerprint density at radius 2 is 2.19 bits per heavy atom. The van der Waals surface area contributed by atoms with Crippen molar-refractivity contribution in [2.45, 2.75) is 0 Å². The number of hydrogen-bond donors (Lipinski definition) is 0. The van der Waals surface area contributed by atoms with Crippen LogP contribution in [-0.4, -0.2) is 27.1 Å². The molecule has 0 aromatic heterocycles. The Balaban J connectivity index is 3.06. The zero-order valence-corrected chi connectivity index (χ0v) is 10.3. The van der Waals surface area contributed by atoms with E-state index in [9.17, 15) is 8.42 Å². The van der Waals surface area contributed by atoms with Crippen LogP contribution in [0.4, 0.5) is 5.69 Å². The number of sulfonamides is 1. The number of rotatable bonds is 4. The van der Waals surface area contributed by atoms with Gasteiger partial charge < -0.3 is 0 Å². The molecule has 0 heterocycles. The SMILES string of the molecule is CN(c1cccc(C#N)c1)S(=O)(=O)CCCl. The van der Waals surface area contributed by atoms with E-state index in [1.807, 2.05) is 6.07 Å². The van der Waals surface area contributed by atoms with Gasteiger partial charge in [0.05, 0.1) is 23.1 Å². The van der Waals surface area contributed by atoms with Gasteiger partial charge in [-0.1, -0.05) is 6.07 Å². The van der Waals surface area contributed by atoms with Crippen molar-refractivity contribution in [3.63, 3.8) is 0 Å². The lowest BCUT2D eigenvalue weighted by Gasteiger charge is -2.18. The minimum absolute atomic E-state index is 0.0462. The second kappa shape index (κ2) is 5.19. The lowest BCUT2D eigenvalue weighted by Crippen LogP contribution is -2.29. The van der Waals surface area contributed by atoms with Gasteiger partial charge in [-0.05, 0) is 18.2 Å². The maximum atomic E-state index is 11.7. The van der Waals surface area contributed by atoms with Crippen LogP contribution in [0.3, 0.4) is 0 Å². The fourth-order valence-corrected chi connectivity index (χ4v) is 2.65. The molecule has 0 atom stereocenters. The highest BCUT2D eigenvalue weighted by Crippen LogP contribution is 2.17. The van der Waals surface area contributed by atoms with Crippen LogP contribution in [0.15, 0.2) is 24.3 Å². The van der Waals surface area contributed by atoms with Gasteiger partial charge in [-0.15, -0.1) is 11.6 Å². The highest BCUT2D eigenvalue weighted by Gasteiger charge is 2.17. The smallest absolute Gasteiger partial charge is 0.236 e. The summed E-state index contributed by atoms with van der Waals surface area (Å²) in [5, 5.41) is 8.71. The average Bonchev–Trinajstić information content (AvgIpc) is 2.28. The number of hydrogen-bond acceptors (Lipinski definition) is 3. The van der Waals surface area contributed by atoms with E-state index in [0.29, 0.717) is 11.3 Å². The van der Waals surface area contributed by atoms with Gasteiger partial charge in [-0.3, -0.25) is 4.31 Å². The summed E-state index contributed by atoms with van der Waals surface area (Å²) in [6.07, 6.45) is 0. The Bertz CT molecular complexity index is 508. The predicted molar refractivity (Wildman–Crippen MR) is 64.1 cm³/mol. The van der Waals surface area contributed by atoms with E-state index >= 15 is 0 Å². The minimum atomic E-state index is -3.40. The van der Waals surface area contributed by atoms with Crippen LogP contribution in [-0.2, 0) is 10.0 Å². The molecule has 86 valence electrons. The van der Waals surface area contributed by atoms with Crippen molar-refractivity contribution in [1.82, 2.24) is 0 Å². The summed E-state index contributed by atoms with van der Waals surface area (Å²) in [7, 11) is -1.95. The topological polar surface area (TPSA) is 61.2 Å². The van der Waals surface area contributed by atoms with Crippen LogP contribution in [0.2, 0.25) is 0 Å². The Hall–Kier alpha value is -1.25. The first kappa shape index (κ1) is 12.8. The zero-order chi connectivity index (χ0) is 12.2. The highest BCUT2D eigenvalue weighted by atomic mass is 35.5. The monoisotopic (exact) mass is 258 g/mol. The summed E-state index contributed by atoms with van der Waals surface area (Å²) in [5.41, 5.74) is 0.884. The number of nitriles is 1. The molecular formula is C10H11ClN2O2S. The molecule has 0 radical (unpaired) electrons. The second-order valence-corrected chi connectivity index (χ2v) is 5.63. The molecular weight excluding hydrogens is 248 g/mol. The molecule has 0 bridgehead atoms. The molecule has 0 aliphatic heterocycles. The first-order chi connectivity index (χ1) is 7.51. The number of halogens is 1. The molecule has 0 fully saturated rings. The average molecular weight is 259 g/mol. The van der Waals surface area contributed by atoms with Gasteiger partial charge in [0, 0.05) is 12.9 Å². The summed E-state index contributed by atoms with van der Waals surface area (Å²) < 4.78 is 24.5. The predicted octanol–water partition coefficient (Wildman–Crippen LogP) is 1.56. The Morgan fingerprint density at radius 3 is 2.75 bits per heavy atom. The second-order valence-electron chi connectivity index (χ2n) is 3.13. The first-order valence-corrected chi connectivity index (χ1v) is 6.68. The molecule has 0 N–H and O–H groups in total.